The minimum absolute atomic E-state index is 0.0537. The van der Waals surface area contributed by atoms with Gasteiger partial charge < -0.3 is 25.1 Å². The molecule has 2 aromatic heterocycles. The zero-order chi connectivity index (χ0) is 20.0. The van der Waals surface area contributed by atoms with Crippen molar-refractivity contribution in [2.45, 2.75) is 31.5 Å². The number of pyridine rings is 1. The SMILES string of the molecule is FC(F)(F)c1c[nH]c2nc(Nc3cc[c]c4c3OCCO4)cc(NC3CCC3)c12. The van der Waals surface area contributed by atoms with Crippen molar-refractivity contribution in [3.63, 3.8) is 0 Å². The molecule has 2 aliphatic rings. The van der Waals surface area contributed by atoms with Crippen LogP contribution >= 0.6 is 0 Å². The van der Waals surface area contributed by atoms with Crippen LogP contribution in [0.15, 0.2) is 24.4 Å². The van der Waals surface area contributed by atoms with Crippen molar-refractivity contribution < 1.29 is 22.6 Å². The largest absolute Gasteiger partial charge is 0.485 e. The lowest BCUT2D eigenvalue weighted by Crippen LogP contribution is -2.27. The van der Waals surface area contributed by atoms with Gasteiger partial charge in [-0.2, -0.15) is 13.2 Å². The van der Waals surface area contributed by atoms with Gasteiger partial charge in [-0.05, 0) is 31.4 Å². The lowest BCUT2D eigenvalue weighted by molar-refractivity contribution is -0.136. The number of nitrogens with one attached hydrogen (secondary N) is 3. The highest BCUT2D eigenvalue weighted by molar-refractivity contribution is 5.95. The lowest BCUT2D eigenvalue weighted by atomic mass is 9.93. The van der Waals surface area contributed by atoms with E-state index in [1.165, 1.54) is 0 Å². The number of hydrogen-bond acceptors (Lipinski definition) is 5. The Morgan fingerprint density at radius 2 is 2.00 bits per heavy atom. The zero-order valence-electron chi connectivity index (χ0n) is 15.3. The van der Waals surface area contributed by atoms with Gasteiger partial charge in [-0.25, -0.2) is 4.98 Å². The van der Waals surface area contributed by atoms with Gasteiger partial charge in [0.05, 0.1) is 16.6 Å². The molecule has 5 rings (SSSR count). The van der Waals surface area contributed by atoms with Crippen molar-refractivity contribution in [1.29, 1.82) is 0 Å². The first-order chi connectivity index (χ1) is 14.0. The summed E-state index contributed by atoms with van der Waals surface area (Å²) < 4.78 is 51.6. The van der Waals surface area contributed by atoms with Crippen molar-refractivity contribution in [3.8, 4) is 11.5 Å². The van der Waals surface area contributed by atoms with Crippen molar-refractivity contribution in [1.82, 2.24) is 9.97 Å². The zero-order valence-corrected chi connectivity index (χ0v) is 15.3. The summed E-state index contributed by atoms with van der Waals surface area (Å²) in [6, 6.07) is 8.19. The first-order valence-electron chi connectivity index (χ1n) is 9.42. The Hall–Kier alpha value is -3.10. The number of rotatable bonds is 4. The van der Waals surface area contributed by atoms with E-state index in [4.69, 9.17) is 9.47 Å². The molecule has 3 aromatic rings. The number of hydrogen-bond donors (Lipinski definition) is 3. The maximum atomic E-state index is 13.5. The molecule has 1 saturated carbocycles. The van der Waals surface area contributed by atoms with E-state index in [1.807, 2.05) is 0 Å². The number of nitrogens with zero attached hydrogens (tertiary/aromatic N) is 1. The number of fused-ring (bicyclic) bond motifs is 2. The molecule has 1 fully saturated rings. The summed E-state index contributed by atoms with van der Waals surface area (Å²) in [7, 11) is 0. The number of alkyl halides is 3. The summed E-state index contributed by atoms with van der Waals surface area (Å²) in [5, 5.41) is 6.44. The third-order valence-electron chi connectivity index (χ3n) is 5.17. The van der Waals surface area contributed by atoms with Gasteiger partial charge in [-0.3, -0.25) is 0 Å². The molecule has 6 nitrogen and oxygen atoms in total. The van der Waals surface area contributed by atoms with Crippen LogP contribution in [-0.4, -0.2) is 29.2 Å². The third-order valence-corrected chi connectivity index (χ3v) is 5.17. The Morgan fingerprint density at radius 3 is 2.76 bits per heavy atom. The summed E-state index contributed by atoms with van der Waals surface area (Å²) >= 11 is 0. The van der Waals surface area contributed by atoms with Crippen LogP contribution in [0.3, 0.4) is 0 Å². The number of H-pyrrole nitrogens is 1. The molecule has 0 atom stereocenters. The van der Waals surface area contributed by atoms with Crippen LogP contribution in [0.5, 0.6) is 11.5 Å². The van der Waals surface area contributed by atoms with Crippen LogP contribution < -0.4 is 20.1 Å². The van der Waals surface area contributed by atoms with Crippen LogP contribution in [0.25, 0.3) is 11.0 Å². The van der Waals surface area contributed by atoms with Crippen molar-refractivity contribution in [2.24, 2.45) is 0 Å². The van der Waals surface area contributed by atoms with Crippen LogP contribution in [-0.2, 0) is 6.18 Å². The maximum Gasteiger partial charge on any atom is 0.418 e. The van der Waals surface area contributed by atoms with E-state index in [9.17, 15) is 13.2 Å². The molecule has 9 heteroatoms. The van der Waals surface area contributed by atoms with Gasteiger partial charge in [0.15, 0.2) is 11.5 Å². The normalized spacial score (nSPS) is 16.5. The second kappa shape index (κ2) is 6.75. The molecule has 0 spiro atoms. The fourth-order valence-corrected chi connectivity index (χ4v) is 3.55. The second-order valence-corrected chi connectivity index (χ2v) is 7.12. The van der Waals surface area contributed by atoms with Gasteiger partial charge in [0, 0.05) is 30.1 Å². The van der Waals surface area contributed by atoms with E-state index in [0.717, 1.165) is 25.5 Å². The van der Waals surface area contributed by atoms with Crippen molar-refractivity contribution in [3.05, 3.63) is 36.0 Å². The average Bonchev–Trinajstić information content (AvgIpc) is 3.09. The van der Waals surface area contributed by atoms with Crippen LogP contribution in [0, 0.1) is 6.07 Å². The monoisotopic (exact) mass is 403 g/mol. The predicted octanol–water partition coefficient (Wildman–Crippen LogP) is 4.86. The van der Waals surface area contributed by atoms with E-state index in [1.54, 1.807) is 18.2 Å². The molecule has 1 aliphatic heterocycles. The standard InChI is InChI=1S/C20H18F3N4O2/c21-20(22,23)12-10-24-19-17(12)14(25-11-3-1-4-11)9-16(27-19)26-13-5-2-6-15-18(13)29-8-7-28-15/h2,5,9-11H,1,3-4,7-8H2,(H3,24,25,26,27). The smallest absolute Gasteiger partial charge is 0.418 e. The lowest BCUT2D eigenvalue weighted by Gasteiger charge is -2.28. The molecule has 0 amide bonds. The average molecular weight is 403 g/mol. The number of aromatic amines is 1. The predicted molar refractivity (Wildman–Crippen MR) is 102 cm³/mol. The fourth-order valence-electron chi connectivity index (χ4n) is 3.55. The quantitative estimate of drug-likeness (QED) is 0.580. The molecule has 151 valence electrons. The Morgan fingerprint density at radius 1 is 1.17 bits per heavy atom. The van der Waals surface area contributed by atoms with E-state index < -0.39 is 11.7 Å². The van der Waals surface area contributed by atoms with Gasteiger partial charge in [0.25, 0.3) is 0 Å². The maximum absolute atomic E-state index is 13.5. The molecule has 1 aliphatic carbocycles. The van der Waals surface area contributed by atoms with E-state index in [-0.39, 0.29) is 17.1 Å². The topological polar surface area (TPSA) is 71.2 Å². The molecular formula is C20H18F3N4O2. The Kier molecular flexibility index (Phi) is 4.18. The number of anilines is 3. The fraction of sp³-hybridized carbons (Fsp3) is 0.350. The Labute approximate surface area is 164 Å². The molecule has 0 bridgehead atoms. The van der Waals surface area contributed by atoms with Gasteiger partial charge in [0.1, 0.15) is 24.7 Å². The van der Waals surface area contributed by atoms with Crippen molar-refractivity contribution >= 4 is 28.2 Å². The van der Waals surface area contributed by atoms with Gasteiger partial charge in [-0.1, -0.05) is 0 Å². The minimum atomic E-state index is -4.47. The van der Waals surface area contributed by atoms with E-state index in [0.29, 0.717) is 41.9 Å². The molecule has 29 heavy (non-hydrogen) atoms. The number of aromatic nitrogens is 2. The van der Waals surface area contributed by atoms with Gasteiger partial charge >= 0.3 is 6.18 Å². The Balaban J connectivity index is 1.57. The van der Waals surface area contributed by atoms with E-state index in [2.05, 4.69) is 26.7 Å². The molecule has 1 aromatic carbocycles. The Bertz CT molecular complexity index is 1060. The summed E-state index contributed by atoms with van der Waals surface area (Å²) in [6.07, 6.45) is -0.564. The van der Waals surface area contributed by atoms with E-state index >= 15 is 0 Å². The van der Waals surface area contributed by atoms with Crippen LogP contribution in [0.2, 0.25) is 0 Å². The van der Waals surface area contributed by atoms with Gasteiger partial charge in [0.2, 0.25) is 0 Å². The molecule has 1 radical (unpaired) electrons. The van der Waals surface area contributed by atoms with Crippen LogP contribution in [0.1, 0.15) is 24.8 Å². The molecule has 3 N–H and O–H groups in total. The summed E-state index contributed by atoms with van der Waals surface area (Å²) in [5.74, 6) is 1.41. The summed E-state index contributed by atoms with van der Waals surface area (Å²) in [5.41, 5.74) is 0.460. The first kappa shape index (κ1) is 18.0. The number of halogens is 3. The molecule has 0 unspecified atom stereocenters. The van der Waals surface area contributed by atoms with Crippen LogP contribution in [0.4, 0.5) is 30.4 Å². The second-order valence-electron chi connectivity index (χ2n) is 7.12. The third kappa shape index (κ3) is 3.30. The number of benzene rings is 1. The highest BCUT2D eigenvalue weighted by Crippen LogP contribution is 2.42. The van der Waals surface area contributed by atoms with Gasteiger partial charge in [-0.15, -0.1) is 0 Å². The first-order valence-corrected chi connectivity index (χ1v) is 9.42. The highest BCUT2D eigenvalue weighted by Gasteiger charge is 2.35. The van der Waals surface area contributed by atoms with Crippen molar-refractivity contribution in [2.75, 3.05) is 23.8 Å². The minimum Gasteiger partial charge on any atom is -0.485 e. The molecule has 0 saturated heterocycles. The highest BCUT2D eigenvalue weighted by atomic mass is 19.4. The molecule has 3 heterocycles. The summed E-state index contributed by atoms with van der Waals surface area (Å²) in [6.45, 7) is 0.849. The number of ether oxygens (including phenoxy) is 2. The molecular weight excluding hydrogens is 385 g/mol. The summed E-state index contributed by atoms with van der Waals surface area (Å²) in [4.78, 5) is 7.01.